The molecule has 0 amide bonds. The molecule has 0 spiro atoms. The minimum Gasteiger partial charge on any atom is -0.276 e. The molecule has 1 N–H and O–H groups in total. The number of aromatic amines is 1. The van der Waals surface area contributed by atoms with Gasteiger partial charge < -0.3 is 0 Å². The van der Waals surface area contributed by atoms with Crippen molar-refractivity contribution < 1.29 is 0 Å². The molecule has 2 aromatic heterocycles. The second-order valence-electron chi connectivity index (χ2n) is 5.04. The Morgan fingerprint density at radius 2 is 2.06 bits per heavy atom. The molecule has 0 atom stereocenters. The zero-order chi connectivity index (χ0) is 12.0. The molecule has 0 bridgehead atoms. The van der Waals surface area contributed by atoms with Gasteiger partial charge in [0.05, 0.1) is 0 Å². The summed E-state index contributed by atoms with van der Waals surface area (Å²) in [4.78, 5) is 16.6. The first-order chi connectivity index (χ1) is 8.16. The van der Waals surface area contributed by atoms with Gasteiger partial charge in [0.2, 0.25) is 0 Å². The summed E-state index contributed by atoms with van der Waals surface area (Å²) in [7, 11) is 0. The van der Waals surface area contributed by atoms with Crippen LogP contribution < -0.4 is 5.56 Å². The van der Waals surface area contributed by atoms with Crippen LogP contribution in [0.5, 0.6) is 0 Å². The summed E-state index contributed by atoms with van der Waals surface area (Å²) in [5.41, 5.74) is 2.58. The number of fused-ring (bicyclic) bond motifs is 1. The van der Waals surface area contributed by atoms with Gasteiger partial charge in [-0.3, -0.25) is 9.89 Å². The second-order valence-corrected chi connectivity index (χ2v) is 5.04. The van der Waals surface area contributed by atoms with Crippen molar-refractivity contribution in [3.05, 3.63) is 33.4 Å². The predicted octanol–water partition coefficient (Wildman–Crippen LogP) is 2.30. The Labute approximate surface area is 99.7 Å². The molecule has 2 heterocycles. The van der Waals surface area contributed by atoms with Crippen molar-refractivity contribution in [3.8, 4) is 0 Å². The molecule has 1 aliphatic rings. The van der Waals surface area contributed by atoms with E-state index in [4.69, 9.17) is 0 Å². The lowest BCUT2D eigenvalue weighted by molar-refractivity contribution is 0.663. The van der Waals surface area contributed by atoms with Crippen LogP contribution in [0.3, 0.4) is 0 Å². The number of nitrogens with one attached hydrogen (secondary N) is 1. The van der Waals surface area contributed by atoms with E-state index in [-0.39, 0.29) is 5.56 Å². The number of aromatic nitrogens is 3. The molecule has 0 saturated heterocycles. The van der Waals surface area contributed by atoms with Gasteiger partial charge in [0.1, 0.15) is 5.82 Å². The summed E-state index contributed by atoms with van der Waals surface area (Å²) in [6, 6.07) is 1.98. The Balaban J connectivity index is 2.18. The highest BCUT2D eigenvalue weighted by Crippen LogP contribution is 2.32. The zero-order valence-corrected chi connectivity index (χ0v) is 10.3. The molecule has 0 aliphatic heterocycles. The van der Waals surface area contributed by atoms with E-state index in [1.54, 1.807) is 4.52 Å². The van der Waals surface area contributed by atoms with E-state index in [0.29, 0.717) is 5.92 Å². The fraction of sp³-hybridized carbons (Fsp3) is 0.538. The molecule has 0 aromatic carbocycles. The Hall–Kier alpha value is -1.58. The summed E-state index contributed by atoms with van der Waals surface area (Å²) >= 11 is 0. The summed E-state index contributed by atoms with van der Waals surface area (Å²) < 4.78 is 1.58. The van der Waals surface area contributed by atoms with E-state index in [1.807, 2.05) is 19.9 Å². The number of hydrogen-bond donors (Lipinski definition) is 1. The molecule has 1 aliphatic carbocycles. The summed E-state index contributed by atoms with van der Waals surface area (Å²) in [6.07, 6.45) is 4.92. The summed E-state index contributed by atoms with van der Waals surface area (Å²) in [5.74, 6) is 1.49. The van der Waals surface area contributed by atoms with Gasteiger partial charge in [-0.15, -0.1) is 0 Å². The Kier molecular flexibility index (Phi) is 2.31. The molecule has 4 nitrogen and oxygen atoms in total. The maximum Gasteiger partial charge on any atom is 0.274 e. The van der Waals surface area contributed by atoms with E-state index in [1.165, 1.54) is 25.7 Å². The quantitative estimate of drug-likeness (QED) is 0.818. The van der Waals surface area contributed by atoms with E-state index < -0.39 is 0 Å². The lowest BCUT2D eigenvalue weighted by Crippen LogP contribution is -2.17. The SMILES string of the molecule is Cc1cc2nc(C3CCCC3)[nH]n2c(=O)c1C. The largest absolute Gasteiger partial charge is 0.276 e. The number of rotatable bonds is 1. The normalized spacial score (nSPS) is 17.1. The highest BCUT2D eigenvalue weighted by atomic mass is 16.1. The fourth-order valence-electron chi connectivity index (χ4n) is 2.64. The van der Waals surface area contributed by atoms with E-state index >= 15 is 0 Å². The van der Waals surface area contributed by atoms with Crippen molar-refractivity contribution in [2.75, 3.05) is 0 Å². The lowest BCUT2D eigenvalue weighted by atomic mass is 10.1. The maximum atomic E-state index is 12.1. The fourth-order valence-corrected chi connectivity index (χ4v) is 2.64. The van der Waals surface area contributed by atoms with Crippen LogP contribution in [0.1, 0.15) is 48.6 Å². The summed E-state index contributed by atoms with van der Waals surface area (Å²) in [6.45, 7) is 3.82. The molecule has 17 heavy (non-hydrogen) atoms. The first kappa shape index (κ1) is 10.6. The zero-order valence-electron chi connectivity index (χ0n) is 10.3. The van der Waals surface area contributed by atoms with E-state index in [0.717, 1.165) is 22.6 Å². The van der Waals surface area contributed by atoms with Gasteiger partial charge in [-0.1, -0.05) is 12.8 Å². The molecular weight excluding hydrogens is 214 g/mol. The molecule has 0 radical (unpaired) electrons. The molecule has 1 fully saturated rings. The van der Waals surface area contributed by atoms with Crippen molar-refractivity contribution >= 4 is 5.65 Å². The van der Waals surface area contributed by atoms with Crippen LogP contribution in [0.4, 0.5) is 0 Å². The molecular formula is C13H17N3O. The number of pyridine rings is 1. The van der Waals surface area contributed by atoms with Gasteiger partial charge in [-0.2, -0.15) is 4.52 Å². The third kappa shape index (κ3) is 1.59. The highest BCUT2D eigenvalue weighted by molar-refractivity contribution is 5.43. The topological polar surface area (TPSA) is 50.2 Å². The van der Waals surface area contributed by atoms with Crippen molar-refractivity contribution in [2.45, 2.75) is 45.4 Å². The van der Waals surface area contributed by atoms with Crippen molar-refractivity contribution in [2.24, 2.45) is 0 Å². The van der Waals surface area contributed by atoms with Crippen LogP contribution in [0.2, 0.25) is 0 Å². The maximum absolute atomic E-state index is 12.1. The molecule has 0 unspecified atom stereocenters. The van der Waals surface area contributed by atoms with Crippen LogP contribution in [0.15, 0.2) is 10.9 Å². The van der Waals surface area contributed by atoms with Crippen LogP contribution in [-0.2, 0) is 0 Å². The Morgan fingerprint density at radius 1 is 1.35 bits per heavy atom. The van der Waals surface area contributed by atoms with Crippen LogP contribution >= 0.6 is 0 Å². The van der Waals surface area contributed by atoms with Gasteiger partial charge in [0.25, 0.3) is 5.56 Å². The average Bonchev–Trinajstić information content (AvgIpc) is 2.93. The first-order valence-electron chi connectivity index (χ1n) is 6.25. The molecule has 90 valence electrons. The van der Waals surface area contributed by atoms with E-state index in [2.05, 4.69) is 10.1 Å². The number of nitrogens with zero attached hydrogens (tertiary/aromatic N) is 2. The third-order valence-corrected chi connectivity index (χ3v) is 3.89. The average molecular weight is 231 g/mol. The summed E-state index contributed by atoms with van der Waals surface area (Å²) in [5, 5.41) is 3.17. The molecule has 1 saturated carbocycles. The van der Waals surface area contributed by atoms with Gasteiger partial charge in [-0.25, -0.2) is 4.98 Å². The van der Waals surface area contributed by atoms with E-state index in [9.17, 15) is 4.79 Å². The minimum absolute atomic E-state index is 0.0248. The third-order valence-electron chi connectivity index (χ3n) is 3.89. The first-order valence-corrected chi connectivity index (χ1v) is 6.25. The second kappa shape index (κ2) is 3.72. The molecule has 3 rings (SSSR count). The number of aryl methyl sites for hydroxylation is 1. The van der Waals surface area contributed by atoms with Crippen LogP contribution in [0, 0.1) is 13.8 Å². The van der Waals surface area contributed by atoms with Gasteiger partial charge >= 0.3 is 0 Å². The van der Waals surface area contributed by atoms with Crippen molar-refractivity contribution in [3.63, 3.8) is 0 Å². The number of H-pyrrole nitrogens is 1. The lowest BCUT2D eigenvalue weighted by Gasteiger charge is -2.02. The predicted molar refractivity (Wildman–Crippen MR) is 66.5 cm³/mol. The minimum atomic E-state index is 0.0248. The van der Waals surface area contributed by atoms with Crippen molar-refractivity contribution in [1.29, 1.82) is 0 Å². The van der Waals surface area contributed by atoms with Gasteiger partial charge in [0.15, 0.2) is 5.65 Å². The number of hydrogen-bond acceptors (Lipinski definition) is 2. The standard InChI is InChI=1S/C13H17N3O/c1-8-7-11-14-12(10-5-3-4-6-10)15-16(11)13(17)9(8)2/h7,10H,3-6H2,1-2H3,(H,14,15). The smallest absolute Gasteiger partial charge is 0.274 e. The van der Waals surface area contributed by atoms with Gasteiger partial charge in [0, 0.05) is 11.5 Å². The van der Waals surface area contributed by atoms with Gasteiger partial charge in [-0.05, 0) is 38.3 Å². The molecule has 2 aromatic rings. The Bertz CT molecular complexity index is 617. The van der Waals surface area contributed by atoms with Crippen LogP contribution in [-0.4, -0.2) is 14.6 Å². The molecule has 4 heteroatoms. The highest BCUT2D eigenvalue weighted by Gasteiger charge is 2.21. The Morgan fingerprint density at radius 3 is 2.76 bits per heavy atom. The van der Waals surface area contributed by atoms with Crippen LogP contribution in [0.25, 0.3) is 5.65 Å². The monoisotopic (exact) mass is 231 g/mol. The van der Waals surface area contributed by atoms with Crippen molar-refractivity contribution in [1.82, 2.24) is 14.6 Å².